The lowest BCUT2D eigenvalue weighted by Gasteiger charge is -2.26. The van der Waals surface area contributed by atoms with Crippen LogP contribution in [0.15, 0.2) is 73.4 Å². The van der Waals surface area contributed by atoms with Gasteiger partial charge in [0.2, 0.25) is 11.9 Å². The molecule has 0 unspecified atom stereocenters. The topological polar surface area (TPSA) is 82.6 Å². The van der Waals surface area contributed by atoms with Crippen LogP contribution in [0.4, 0.5) is 27.4 Å². The van der Waals surface area contributed by atoms with E-state index in [1.54, 1.807) is 25.4 Å². The Labute approximate surface area is 221 Å². The number of carbonyl (C=O) groups is 1. The number of nitrogens with zero attached hydrogens (tertiary/aromatic N) is 4. The smallest absolute Gasteiger partial charge is 0.247 e. The molecule has 0 bridgehead atoms. The minimum absolute atomic E-state index is 0.318. The Morgan fingerprint density at radius 3 is 2.58 bits per heavy atom. The van der Waals surface area contributed by atoms with Crippen LogP contribution in [0.2, 0.25) is 0 Å². The number of ether oxygens (including phenoxy) is 1. The van der Waals surface area contributed by atoms with Gasteiger partial charge in [-0.15, -0.1) is 0 Å². The number of nitrogens with one attached hydrogen (secondary N) is 2. The van der Waals surface area contributed by atoms with Gasteiger partial charge in [-0.05, 0) is 43.9 Å². The summed E-state index contributed by atoms with van der Waals surface area (Å²) in [7, 11) is 7.54. The van der Waals surface area contributed by atoms with Gasteiger partial charge in [0, 0.05) is 43.4 Å². The van der Waals surface area contributed by atoms with Gasteiger partial charge >= 0.3 is 0 Å². The van der Waals surface area contributed by atoms with Crippen molar-refractivity contribution in [3.05, 3.63) is 79.3 Å². The van der Waals surface area contributed by atoms with Crippen molar-refractivity contribution in [2.75, 3.05) is 56.9 Å². The summed E-state index contributed by atoms with van der Waals surface area (Å²) in [5.74, 6) is 0.233. The second-order valence-corrected chi connectivity index (χ2v) is 9.06. The van der Waals surface area contributed by atoms with Crippen LogP contribution >= 0.6 is 0 Å². The van der Waals surface area contributed by atoms with Crippen LogP contribution in [0.5, 0.6) is 5.75 Å². The molecule has 2 N–H and O–H groups in total. The zero-order valence-corrected chi connectivity index (χ0v) is 22.0. The van der Waals surface area contributed by atoms with Crippen molar-refractivity contribution in [3.63, 3.8) is 0 Å². The van der Waals surface area contributed by atoms with E-state index >= 15 is 0 Å². The third-order valence-corrected chi connectivity index (χ3v) is 6.05. The number of carbonyl (C=O) groups excluding carboxylic acids is 1. The van der Waals surface area contributed by atoms with Crippen molar-refractivity contribution in [2.45, 2.75) is 0 Å². The van der Waals surface area contributed by atoms with Gasteiger partial charge in [0.05, 0.1) is 29.7 Å². The van der Waals surface area contributed by atoms with Crippen LogP contribution in [0.1, 0.15) is 0 Å². The van der Waals surface area contributed by atoms with Gasteiger partial charge < -0.3 is 25.2 Å². The summed E-state index contributed by atoms with van der Waals surface area (Å²) in [6.45, 7) is 5.12. The maximum atomic E-state index is 13.9. The Morgan fingerprint density at radius 2 is 1.87 bits per heavy atom. The molecular formula is C29H31FN6O2. The van der Waals surface area contributed by atoms with Gasteiger partial charge in [-0.1, -0.05) is 36.9 Å². The van der Waals surface area contributed by atoms with Gasteiger partial charge in [-0.2, -0.15) is 0 Å². The second kappa shape index (κ2) is 11.7. The summed E-state index contributed by atoms with van der Waals surface area (Å²) >= 11 is 0. The number of benzene rings is 3. The molecule has 38 heavy (non-hydrogen) atoms. The number of anilines is 4. The number of fused-ring (bicyclic) bond motifs is 1. The number of hydrogen-bond acceptors (Lipinski definition) is 7. The summed E-state index contributed by atoms with van der Waals surface area (Å²) < 4.78 is 19.6. The number of aromatic nitrogens is 2. The lowest BCUT2D eigenvalue weighted by molar-refractivity contribution is -0.111. The highest BCUT2D eigenvalue weighted by atomic mass is 19.1. The number of likely N-dealkylation sites (N-methyl/N-ethyl adjacent to an activating group) is 2. The molecule has 0 saturated heterocycles. The lowest BCUT2D eigenvalue weighted by Crippen LogP contribution is -2.29. The zero-order valence-electron chi connectivity index (χ0n) is 22.0. The van der Waals surface area contributed by atoms with E-state index in [1.165, 1.54) is 18.2 Å². The lowest BCUT2D eigenvalue weighted by atomic mass is 10.0. The van der Waals surface area contributed by atoms with Crippen LogP contribution in [-0.4, -0.2) is 62.1 Å². The van der Waals surface area contributed by atoms with E-state index < -0.39 is 0 Å². The first-order valence-corrected chi connectivity index (χ1v) is 12.1. The summed E-state index contributed by atoms with van der Waals surface area (Å²) in [6, 6.07) is 15.7. The van der Waals surface area contributed by atoms with Crippen LogP contribution in [0.3, 0.4) is 0 Å². The van der Waals surface area contributed by atoms with E-state index in [2.05, 4.69) is 27.1 Å². The van der Waals surface area contributed by atoms with Crippen molar-refractivity contribution < 1.29 is 13.9 Å². The van der Waals surface area contributed by atoms with Crippen LogP contribution in [-0.2, 0) is 4.79 Å². The summed E-state index contributed by atoms with van der Waals surface area (Å²) in [5, 5.41) is 6.94. The number of hydrogen-bond donors (Lipinski definition) is 2. The number of rotatable bonds is 10. The fraction of sp³-hybridized carbons (Fsp3) is 0.207. The highest BCUT2D eigenvalue weighted by Crippen LogP contribution is 2.38. The third kappa shape index (κ3) is 6.07. The molecule has 0 radical (unpaired) electrons. The van der Waals surface area contributed by atoms with Crippen molar-refractivity contribution in [1.82, 2.24) is 14.9 Å². The minimum Gasteiger partial charge on any atom is -0.494 e. The van der Waals surface area contributed by atoms with Crippen molar-refractivity contribution in [1.29, 1.82) is 0 Å². The molecule has 0 aliphatic heterocycles. The van der Waals surface area contributed by atoms with Gasteiger partial charge in [0.25, 0.3) is 0 Å². The summed E-state index contributed by atoms with van der Waals surface area (Å²) in [6.07, 6.45) is 2.94. The van der Waals surface area contributed by atoms with Crippen molar-refractivity contribution >= 4 is 39.8 Å². The Morgan fingerprint density at radius 1 is 1.08 bits per heavy atom. The van der Waals surface area contributed by atoms with Gasteiger partial charge in [0.15, 0.2) is 0 Å². The van der Waals surface area contributed by atoms with Crippen LogP contribution in [0.25, 0.3) is 22.0 Å². The fourth-order valence-corrected chi connectivity index (χ4v) is 4.03. The molecule has 1 heterocycles. The largest absolute Gasteiger partial charge is 0.494 e. The van der Waals surface area contributed by atoms with E-state index in [0.29, 0.717) is 28.6 Å². The maximum Gasteiger partial charge on any atom is 0.247 e. The monoisotopic (exact) mass is 514 g/mol. The molecule has 9 heteroatoms. The highest BCUT2D eigenvalue weighted by molar-refractivity contribution is 6.02. The zero-order chi connectivity index (χ0) is 27.2. The van der Waals surface area contributed by atoms with Gasteiger partial charge in [-0.25, -0.2) is 14.4 Å². The van der Waals surface area contributed by atoms with E-state index in [4.69, 9.17) is 9.72 Å². The second-order valence-electron chi connectivity index (χ2n) is 9.06. The Balaban J connectivity index is 1.75. The molecule has 4 rings (SSSR count). The minimum atomic E-state index is -0.329. The normalized spacial score (nSPS) is 10.9. The number of halogens is 1. The predicted molar refractivity (Wildman–Crippen MR) is 152 cm³/mol. The van der Waals surface area contributed by atoms with Gasteiger partial charge in [0.1, 0.15) is 11.6 Å². The Kier molecular flexibility index (Phi) is 8.18. The average molecular weight is 515 g/mol. The Hall–Kier alpha value is -4.50. The average Bonchev–Trinajstić information content (AvgIpc) is 2.91. The fourth-order valence-electron chi connectivity index (χ4n) is 4.03. The number of methoxy groups -OCH3 is 1. The quantitative estimate of drug-likeness (QED) is 0.278. The molecule has 1 aromatic heterocycles. The molecule has 0 fully saturated rings. The summed E-state index contributed by atoms with van der Waals surface area (Å²) in [5.41, 5.74) is 4.13. The standard InChI is InChI=1S/C29H31FN6O2/c1-6-27(37)32-23-16-24(26(38-5)17-25(23)36(4)14-13-35(2)3)33-29-31-18-20-10-8-12-22(28(20)34-29)19-9-7-11-21(30)15-19/h6-12,15-18H,1,13-14H2,2-5H3,(H,32,37)(H,31,33,34). The van der Waals surface area contributed by atoms with E-state index in [0.717, 1.165) is 35.3 Å². The van der Waals surface area contributed by atoms with E-state index in [9.17, 15) is 9.18 Å². The molecular weight excluding hydrogens is 483 g/mol. The van der Waals surface area contributed by atoms with E-state index in [-0.39, 0.29) is 11.7 Å². The molecule has 1 amide bonds. The first-order chi connectivity index (χ1) is 18.3. The van der Waals surface area contributed by atoms with Crippen molar-refractivity contribution in [2.24, 2.45) is 0 Å². The van der Waals surface area contributed by atoms with E-state index in [1.807, 2.05) is 56.4 Å². The molecule has 0 aliphatic carbocycles. The molecule has 8 nitrogen and oxygen atoms in total. The molecule has 3 aromatic carbocycles. The predicted octanol–water partition coefficient (Wildman–Crippen LogP) is 5.31. The SMILES string of the molecule is C=CC(=O)Nc1cc(Nc2ncc3cccc(-c4cccc(F)c4)c3n2)c(OC)cc1N(C)CCN(C)C. The molecule has 0 spiro atoms. The highest BCUT2D eigenvalue weighted by Gasteiger charge is 2.17. The molecule has 4 aromatic rings. The number of para-hydroxylation sites is 1. The molecule has 0 saturated carbocycles. The maximum absolute atomic E-state index is 13.9. The third-order valence-electron chi connectivity index (χ3n) is 6.05. The molecule has 0 atom stereocenters. The Bertz CT molecular complexity index is 1470. The number of amides is 1. The summed E-state index contributed by atoms with van der Waals surface area (Å²) in [4.78, 5) is 25.6. The first kappa shape index (κ1) is 26.6. The van der Waals surface area contributed by atoms with Gasteiger partial charge in [-0.3, -0.25) is 4.79 Å². The van der Waals surface area contributed by atoms with Crippen LogP contribution in [0, 0.1) is 5.82 Å². The van der Waals surface area contributed by atoms with Crippen molar-refractivity contribution in [3.8, 4) is 16.9 Å². The molecule has 196 valence electrons. The first-order valence-electron chi connectivity index (χ1n) is 12.1. The van der Waals surface area contributed by atoms with Crippen LogP contribution < -0.4 is 20.3 Å². The molecule has 0 aliphatic rings.